The summed E-state index contributed by atoms with van der Waals surface area (Å²) in [5.41, 5.74) is 0. The first kappa shape index (κ1) is 12.3. The van der Waals surface area contributed by atoms with E-state index in [0.29, 0.717) is 0 Å². The van der Waals surface area contributed by atoms with Crippen molar-refractivity contribution in [3.05, 3.63) is 16.1 Å². The molecular weight excluding hydrogens is 208 g/mol. The molecule has 0 aromatic carbocycles. The second kappa shape index (κ2) is 6.69. The zero-order valence-electron chi connectivity index (χ0n) is 9.40. The van der Waals surface area contributed by atoms with Gasteiger partial charge in [0, 0.05) is 6.20 Å². The predicted octanol–water partition coefficient (Wildman–Crippen LogP) is 2.58. The topological polar surface area (TPSA) is 33.2 Å². The summed E-state index contributed by atoms with van der Waals surface area (Å²) >= 11 is 1.50. The Bertz CT molecular complexity index is 293. The summed E-state index contributed by atoms with van der Waals surface area (Å²) in [5, 5.41) is 1.06. The number of hydrogen-bond acceptors (Lipinski definition) is 4. The number of thiazole rings is 1. The quantitative estimate of drug-likeness (QED) is 0.743. The van der Waals surface area contributed by atoms with Gasteiger partial charge in [-0.3, -0.25) is 9.69 Å². The van der Waals surface area contributed by atoms with Gasteiger partial charge in [-0.2, -0.15) is 0 Å². The number of rotatable bonds is 3. The van der Waals surface area contributed by atoms with Crippen molar-refractivity contribution in [2.75, 3.05) is 13.1 Å². The van der Waals surface area contributed by atoms with Crippen molar-refractivity contribution in [3.8, 4) is 0 Å². The highest BCUT2D eigenvalue weighted by molar-refractivity contribution is 7.13. The van der Waals surface area contributed by atoms with Crippen LogP contribution in [-0.2, 0) is 6.54 Å². The van der Waals surface area contributed by atoms with E-state index in [-0.39, 0.29) is 0 Å². The summed E-state index contributed by atoms with van der Waals surface area (Å²) in [4.78, 5) is 17.7. The highest BCUT2D eigenvalue weighted by Crippen LogP contribution is 2.16. The van der Waals surface area contributed by atoms with E-state index in [0.717, 1.165) is 22.7 Å². The van der Waals surface area contributed by atoms with Crippen LogP contribution in [-0.4, -0.2) is 29.3 Å². The smallest absolute Gasteiger partial charge is 0.161 e. The molecule has 84 valence electrons. The first-order chi connectivity index (χ1) is 7.38. The van der Waals surface area contributed by atoms with Gasteiger partial charge in [0.1, 0.15) is 5.01 Å². The van der Waals surface area contributed by atoms with Crippen LogP contribution in [0.3, 0.4) is 0 Å². The van der Waals surface area contributed by atoms with Crippen LogP contribution in [0, 0.1) is 0 Å². The Kier molecular flexibility index (Phi) is 5.50. The summed E-state index contributed by atoms with van der Waals surface area (Å²) in [6, 6.07) is 0. The SMILES string of the molecule is CC.O=Cc1cnc(CN2CCCC2)s1. The van der Waals surface area contributed by atoms with Gasteiger partial charge in [-0.05, 0) is 25.9 Å². The normalized spacial score (nSPS) is 15.9. The van der Waals surface area contributed by atoms with Crippen molar-refractivity contribution >= 4 is 17.6 Å². The lowest BCUT2D eigenvalue weighted by Gasteiger charge is -2.11. The van der Waals surface area contributed by atoms with Gasteiger partial charge < -0.3 is 0 Å². The molecular formula is C11H18N2OS. The van der Waals surface area contributed by atoms with Gasteiger partial charge in [-0.25, -0.2) is 4.98 Å². The lowest BCUT2D eigenvalue weighted by Crippen LogP contribution is -2.17. The van der Waals surface area contributed by atoms with Crippen molar-refractivity contribution < 1.29 is 4.79 Å². The van der Waals surface area contributed by atoms with Gasteiger partial charge in [0.2, 0.25) is 0 Å². The summed E-state index contributed by atoms with van der Waals surface area (Å²) in [6.07, 6.45) is 5.12. The Morgan fingerprint density at radius 1 is 1.47 bits per heavy atom. The molecule has 0 aliphatic carbocycles. The number of aromatic nitrogens is 1. The van der Waals surface area contributed by atoms with Crippen LogP contribution in [0.25, 0.3) is 0 Å². The van der Waals surface area contributed by atoms with E-state index < -0.39 is 0 Å². The third-order valence-corrected chi connectivity index (χ3v) is 3.15. The summed E-state index contributed by atoms with van der Waals surface area (Å²) < 4.78 is 0. The van der Waals surface area contributed by atoms with Crippen LogP contribution < -0.4 is 0 Å². The largest absolute Gasteiger partial charge is 0.297 e. The second-order valence-corrected chi connectivity index (χ2v) is 4.40. The third kappa shape index (κ3) is 3.72. The van der Waals surface area contributed by atoms with Gasteiger partial charge in [0.05, 0.1) is 11.4 Å². The molecule has 1 saturated heterocycles. The average molecular weight is 226 g/mol. The molecule has 1 aliphatic rings. The van der Waals surface area contributed by atoms with E-state index in [1.165, 1.54) is 37.3 Å². The maximum atomic E-state index is 10.4. The Balaban J connectivity index is 0.000000531. The van der Waals surface area contributed by atoms with E-state index in [9.17, 15) is 4.79 Å². The predicted molar refractivity (Wildman–Crippen MR) is 63.4 cm³/mol. The molecule has 0 unspecified atom stereocenters. The zero-order valence-corrected chi connectivity index (χ0v) is 10.2. The number of aldehydes is 1. The number of nitrogens with zero attached hydrogens (tertiary/aromatic N) is 2. The van der Waals surface area contributed by atoms with Crippen molar-refractivity contribution in [1.29, 1.82) is 0 Å². The highest BCUT2D eigenvalue weighted by atomic mass is 32.1. The molecule has 2 rings (SSSR count). The molecule has 1 aliphatic heterocycles. The Morgan fingerprint density at radius 3 is 2.67 bits per heavy atom. The molecule has 4 heteroatoms. The molecule has 0 atom stereocenters. The molecule has 1 aromatic rings. The minimum Gasteiger partial charge on any atom is -0.297 e. The van der Waals surface area contributed by atoms with E-state index >= 15 is 0 Å². The van der Waals surface area contributed by atoms with Crippen LogP contribution in [0.1, 0.15) is 41.4 Å². The maximum Gasteiger partial charge on any atom is 0.161 e. The van der Waals surface area contributed by atoms with Gasteiger partial charge in [0.25, 0.3) is 0 Å². The van der Waals surface area contributed by atoms with E-state index in [1.54, 1.807) is 6.20 Å². The van der Waals surface area contributed by atoms with E-state index in [2.05, 4.69) is 9.88 Å². The number of likely N-dealkylation sites (tertiary alicyclic amines) is 1. The first-order valence-electron chi connectivity index (χ1n) is 5.51. The number of carbonyl (C=O) groups is 1. The molecule has 0 saturated carbocycles. The van der Waals surface area contributed by atoms with Crippen molar-refractivity contribution in [2.24, 2.45) is 0 Å². The van der Waals surface area contributed by atoms with E-state index in [1.807, 2.05) is 13.8 Å². The zero-order chi connectivity index (χ0) is 11.1. The molecule has 0 N–H and O–H groups in total. The molecule has 0 spiro atoms. The maximum absolute atomic E-state index is 10.4. The van der Waals surface area contributed by atoms with Crippen LogP contribution in [0.2, 0.25) is 0 Å². The van der Waals surface area contributed by atoms with Gasteiger partial charge in [-0.1, -0.05) is 13.8 Å². The second-order valence-electron chi connectivity index (χ2n) is 3.26. The summed E-state index contributed by atoms with van der Waals surface area (Å²) in [5.74, 6) is 0. The van der Waals surface area contributed by atoms with Gasteiger partial charge in [0.15, 0.2) is 6.29 Å². The van der Waals surface area contributed by atoms with E-state index in [4.69, 9.17) is 0 Å². The average Bonchev–Trinajstić information content (AvgIpc) is 2.93. The molecule has 3 nitrogen and oxygen atoms in total. The van der Waals surface area contributed by atoms with Gasteiger partial charge in [-0.15, -0.1) is 11.3 Å². The molecule has 1 aromatic heterocycles. The molecule has 0 radical (unpaired) electrons. The Hall–Kier alpha value is -0.740. The standard InChI is InChI=1S/C9H12N2OS.C2H6/c12-7-8-5-10-9(13-8)6-11-3-1-2-4-11;1-2/h5,7H,1-4,6H2;1-2H3. The molecule has 2 heterocycles. The highest BCUT2D eigenvalue weighted by Gasteiger charge is 2.13. The van der Waals surface area contributed by atoms with Gasteiger partial charge >= 0.3 is 0 Å². The molecule has 0 amide bonds. The number of carbonyl (C=O) groups excluding carboxylic acids is 1. The summed E-state index contributed by atoms with van der Waals surface area (Å²) in [7, 11) is 0. The number of hydrogen-bond donors (Lipinski definition) is 0. The van der Waals surface area contributed by atoms with Crippen molar-refractivity contribution in [3.63, 3.8) is 0 Å². The molecule has 1 fully saturated rings. The fourth-order valence-electron chi connectivity index (χ4n) is 1.58. The summed E-state index contributed by atoms with van der Waals surface area (Å²) in [6.45, 7) is 7.27. The van der Waals surface area contributed by atoms with Crippen LogP contribution in [0.4, 0.5) is 0 Å². The van der Waals surface area contributed by atoms with Crippen molar-refractivity contribution in [1.82, 2.24) is 9.88 Å². The Morgan fingerprint density at radius 2 is 2.13 bits per heavy atom. The van der Waals surface area contributed by atoms with Crippen LogP contribution >= 0.6 is 11.3 Å². The van der Waals surface area contributed by atoms with Crippen LogP contribution in [0.5, 0.6) is 0 Å². The molecule has 0 bridgehead atoms. The third-order valence-electron chi connectivity index (χ3n) is 2.25. The van der Waals surface area contributed by atoms with Crippen LogP contribution in [0.15, 0.2) is 6.20 Å². The fraction of sp³-hybridized carbons (Fsp3) is 0.636. The van der Waals surface area contributed by atoms with Crippen molar-refractivity contribution in [2.45, 2.75) is 33.2 Å². The minimum absolute atomic E-state index is 0.731. The fourth-order valence-corrected chi connectivity index (χ4v) is 2.36. The lowest BCUT2D eigenvalue weighted by molar-refractivity contribution is 0.112. The molecule has 15 heavy (non-hydrogen) atoms. The Labute approximate surface area is 95.1 Å². The monoisotopic (exact) mass is 226 g/mol. The lowest BCUT2D eigenvalue weighted by atomic mass is 10.4. The first-order valence-corrected chi connectivity index (χ1v) is 6.32. The minimum atomic E-state index is 0.731.